The fraction of sp³-hybridized carbons (Fsp3) is 0.600. The average molecular weight is 388 g/mol. The topological polar surface area (TPSA) is 105 Å². The lowest BCUT2D eigenvalue weighted by atomic mass is 9.96. The Hall–Kier alpha value is -2.48. The first-order valence-electron chi connectivity index (χ1n) is 10.1. The Balaban J connectivity index is 1.60. The molecule has 1 aromatic rings. The van der Waals surface area contributed by atoms with E-state index >= 15 is 0 Å². The zero-order chi connectivity index (χ0) is 20.1. The van der Waals surface area contributed by atoms with E-state index in [1.165, 1.54) is 6.07 Å². The third-order valence-corrected chi connectivity index (χ3v) is 5.66. The number of nitrogens with zero attached hydrogens (tertiary/aromatic N) is 2. The zero-order valence-corrected chi connectivity index (χ0v) is 16.3. The molecular formula is C20H28N4O4. The van der Waals surface area contributed by atoms with Crippen LogP contribution in [0.1, 0.15) is 48.5 Å². The highest BCUT2D eigenvalue weighted by Gasteiger charge is 2.28. The molecule has 0 bridgehead atoms. The van der Waals surface area contributed by atoms with Gasteiger partial charge < -0.3 is 15.5 Å². The lowest BCUT2D eigenvalue weighted by molar-refractivity contribution is -0.385. The second-order valence-corrected chi connectivity index (χ2v) is 7.61. The number of nitro groups is 1. The summed E-state index contributed by atoms with van der Waals surface area (Å²) >= 11 is 0. The van der Waals surface area contributed by atoms with Gasteiger partial charge in [-0.3, -0.25) is 19.7 Å². The predicted octanol–water partition coefficient (Wildman–Crippen LogP) is 1.88. The van der Waals surface area contributed by atoms with Crippen LogP contribution in [0.2, 0.25) is 0 Å². The second kappa shape index (κ2) is 9.14. The van der Waals surface area contributed by atoms with Crippen molar-refractivity contribution >= 4 is 17.5 Å². The Morgan fingerprint density at radius 3 is 2.82 bits per heavy atom. The first-order valence-corrected chi connectivity index (χ1v) is 10.1. The molecule has 0 aromatic heterocycles. The van der Waals surface area contributed by atoms with Crippen LogP contribution in [-0.4, -0.2) is 53.9 Å². The van der Waals surface area contributed by atoms with Crippen molar-refractivity contribution in [2.24, 2.45) is 5.92 Å². The Morgan fingerprint density at radius 2 is 2.14 bits per heavy atom. The molecule has 2 saturated heterocycles. The molecule has 2 aliphatic rings. The lowest BCUT2D eigenvalue weighted by Gasteiger charge is -2.33. The lowest BCUT2D eigenvalue weighted by Crippen LogP contribution is -2.46. The number of piperidine rings is 1. The number of carbonyl (C=O) groups is 2. The van der Waals surface area contributed by atoms with Crippen LogP contribution < -0.4 is 10.6 Å². The molecule has 2 atom stereocenters. The summed E-state index contributed by atoms with van der Waals surface area (Å²) in [6, 6.07) is 4.63. The molecule has 8 nitrogen and oxygen atoms in total. The quantitative estimate of drug-likeness (QED) is 0.572. The monoisotopic (exact) mass is 388 g/mol. The number of nitro benzene ring substituents is 1. The summed E-state index contributed by atoms with van der Waals surface area (Å²) in [5.74, 6) is 0.0546. The largest absolute Gasteiger partial charge is 0.354 e. The SMILES string of the molecule is CCc1ccc(C(=O)N2CCCC(CNC(=O)C3CCCN3)C2)cc1[N+](=O)[O-]. The van der Waals surface area contributed by atoms with E-state index in [0.29, 0.717) is 37.2 Å². The summed E-state index contributed by atoms with van der Waals surface area (Å²) in [5.41, 5.74) is 0.975. The standard InChI is InChI=1S/C20H28N4O4/c1-2-15-7-8-16(11-18(15)24(27)28)20(26)23-10-4-5-14(13-23)12-22-19(25)17-6-3-9-21-17/h7-8,11,14,17,21H,2-6,9-10,12-13H2,1H3,(H,22,25). The van der Waals surface area contributed by atoms with E-state index in [2.05, 4.69) is 10.6 Å². The van der Waals surface area contributed by atoms with E-state index in [1.807, 2.05) is 6.92 Å². The van der Waals surface area contributed by atoms with Crippen molar-refractivity contribution in [3.63, 3.8) is 0 Å². The van der Waals surface area contributed by atoms with Gasteiger partial charge >= 0.3 is 0 Å². The van der Waals surface area contributed by atoms with E-state index in [1.54, 1.807) is 17.0 Å². The molecule has 2 fully saturated rings. The normalized spacial score (nSPS) is 22.1. The minimum atomic E-state index is -0.429. The van der Waals surface area contributed by atoms with Crippen molar-refractivity contribution < 1.29 is 14.5 Å². The van der Waals surface area contributed by atoms with Crippen LogP contribution in [0.15, 0.2) is 18.2 Å². The molecule has 0 radical (unpaired) electrons. The number of benzene rings is 1. The summed E-state index contributed by atoms with van der Waals surface area (Å²) in [7, 11) is 0. The van der Waals surface area contributed by atoms with Gasteiger partial charge in [-0.1, -0.05) is 13.0 Å². The van der Waals surface area contributed by atoms with Crippen LogP contribution in [0.4, 0.5) is 5.69 Å². The Kier molecular flexibility index (Phi) is 6.61. The molecule has 152 valence electrons. The molecule has 2 amide bonds. The molecule has 2 N–H and O–H groups in total. The van der Waals surface area contributed by atoms with Crippen molar-refractivity contribution in [1.29, 1.82) is 0 Å². The maximum Gasteiger partial charge on any atom is 0.273 e. The molecule has 0 spiro atoms. The number of nitrogens with one attached hydrogen (secondary N) is 2. The van der Waals surface area contributed by atoms with Crippen LogP contribution >= 0.6 is 0 Å². The van der Waals surface area contributed by atoms with Crippen LogP contribution in [-0.2, 0) is 11.2 Å². The van der Waals surface area contributed by atoms with Crippen LogP contribution in [0.5, 0.6) is 0 Å². The van der Waals surface area contributed by atoms with Crippen molar-refractivity contribution in [1.82, 2.24) is 15.5 Å². The van der Waals surface area contributed by atoms with Crippen molar-refractivity contribution in [2.75, 3.05) is 26.2 Å². The van der Waals surface area contributed by atoms with E-state index in [-0.39, 0.29) is 29.5 Å². The van der Waals surface area contributed by atoms with E-state index < -0.39 is 4.92 Å². The van der Waals surface area contributed by atoms with Gasteiger partial charge in [0.2, 0.25) is 5.91 Å². The van der Waals surface area contributed by atoms with E-state index in [9.17, 15) is 19.7 Å². The average Bonchev–Trinajstić information content (AvgIpc) is 3.26. The molecule has 2 heterocycles. The molecule has 3 rings (SSSR count). The summed E-state index contributed by atoms with van der Waals surface area (Å²) in [4.78, 5) is 37.6. The second-order valence-electron chi connectivity index (χ2n) is 7.61. The van der Waals surface area contributed by atoms with Gasteiger partial charge in [-0.05, 0) is 50.6 Å². The molecule has 1 aromatic carbocycles. The van der Waals surface area contributed by atoms with E-state index in [0.717, 1.165) is 32.2 Å². The first-order chi connectivity index (χ1) is 13.5. The maximum absolute atomic E-state index is 12.9. The molecule has 8 heteroatoms. The number of rotatable bonds is 6. The maximum atomic E-state index is 12.9. The summed E-state index contributed by atoms with van der Waals surface area (Å²) in [5, 5.41) is 17.5. The molecule has 28 heavy (non-hydrogen) atoms. The minimum Gasteiger partial charge on any atom is -0.354 e. The van der Waals surface area contributed by atoms with Gasteiger partial charge in [-0.2, -0.15) is 0 Å². The van der Waals surface area contributed by atoms with Gasteiger partial charge in [-0.25, -0.2) is 0 Å². The van der Waals surface area contributed by atoms with Gasteiger partial charge in [0.15, 0.2) is 0 Å². The number of amides is 2. The van der Waals surface area contributed by atoms with Gasteiger partial charge in [-0.15, -0.1) is 0 Å². The summed E-state index contributed by atoms with van der Waals surface area (Å²) < 4.78 is 0. The van der Waals surface area contributed by atoms with Crippen molar-refractivity contribution in [2.45, 2.75) is 45.1 Å². The fourth-order valence-corrected chi connectivity index (χ4v) is 4.04. The fourth-order valence-electron chi connectivity index (χ4n) is 4.04. The van der Waals surface area contributed by atoms with Crippen LogP contribution in [0.25, 0.3) is 0 Å². The smallest absolute Gasteiger partial charge is 0.273 e. The highest BCUT2D eigenvalue weighted by Crippen LogP contribution is 2.24. The van der Waals surface area contributed by atoms with Gasteiger partial charge in [0, 0.05) is 36.8 Å². The number of hydrogen-bond donors (Lipinski definition) is 2. The Morgan fingerprint density at radius 1 is 1.32 bits per heavy atom. The van der Waals surface area contributed by atoms with Gasteiger partial charge in [0.25, 0.3) is 11.6 Å². The molecule has 0 saturated carbocycles. The number of carbonyl (C=O) groups excluding carboxylic acids is 2. The Bertz CT molecular complexity index is 746. The van der Waals surface area contributed by atoms with Gasteiger partial charge in [0.05, 0.1) is 11.0 Å². The molecular weight excluding hydrogens is 360 g/mol. The van der Waals surface area contributed by atoms with Crippen LogP contribution in [0, 0.1) is 16.0 Å². The highest BCUT2D eigenvalue weighted by atomic mass is 16.6. The molecule has 0 aliphatic carbocycles. The van der Waals surface area contributed by atoms with Gasteiger partial charge in [0.1, 0.15) is 0 Å². The molecule has 2 aliphatic heterocycles. The summed E-state index contributed by atoms with van der Waals surface area (Å²) in [6.45, 7) is 4.48. The minimum absolute atomic E-state index is 0.00163. The summed E-state index contributed by atoms with van der Waals surface area (Å²) in [6.07, 6.45) is 4.26. The zero-order valence-electron chi connectivity index (χ0n) is 16.3. The van der Waals surface area contributed by atoms with Crippen molar-refractivity contribution in [3.05, 3.63) is 39.4 Å². The molecule has 2 unspecified atom stereocenters. The predicted molar refractivity (Wildman–Crippen MR) is 105 cm³/mol. The Labute approximate surface area is 164 Å². The third-order valence-electron chi connectivity index (χ3n) is 5.66. The van der Waals surface area contributed by atoms with E-state index in [4.69, 9.17) is 0 Å². The number of hydrogen-bond acceptors (Lipinski definition) is 5. The van der Waals surface area contributed by atoms with Crippen LogP contribution in [0.3, 0.4) is 0 Å². The highest BCUT2D eigenvalue weighted by molar-refractivity contribution is 5.95. The number of likely N-dealkylation sites (tertiary alicyclic amines) is 1. The first kappa shape index (κ1) is 20.3. The number of aryl methyl sites for hydroxylation is 1. The third kappa shape index (κ3) is 4.67. The van der Waals surface area contributed by atoms with Crippen molar-refractivity contribution in [3.8, 4) is 0 Å².